The first-order valence-electron chi connectivity index (χ1n) is 31.6. The molecule has 3 saturated carbocycles. The third-order valence-electron chi connectivity index (χ3n) is 17.4. The van der Waals surface area contributed by atoms with E-state index >= 15 is 0 Å². The SMILES string of the molecule is [B]=C[C@@H]1CC(O)[C@H](C/C=C\CCCC(=O)O)[C@H]1CCC(=O)CCc1cc(Br)c(C)s1.[B]=C[C@@H]1CC(O)[C@H](CC#CCCCC(=O)O)[C@H]1/C=C/C(=O)CCc1cc(Br)c(C)s1.[B]=C[C@@H]1CC(O)[C@H](CCCCCCC(=O)O)[C@H]1/C=C/C(=O)CCc1cc(Br)c(C)s1. The van der Waals surface area contributed by atoms with Crippen molar-refractivity contribution in [1.82, 2.24) is 0 Å². The molecule has 0 bridgehead atoms. The number of hydrogen-bond acceptors (Lipinski definition) is 12. The number of unbranched alkanes of at least 4 members (excludes halogenated alkanes) is 5. The van der Waals surface area contributed by atoms with Gasteiger partial charge in [0, 0.05) is 0 Å². The van der Waals surface area contributed by atoms with Crippen molar-refractivity contribution in [2.45, 2.75) is 200 Å². The summed E-state index contributed by atoms with van der Waals surface area (Å²) in [6.07, 6.45) is 25.1. The fraction of sp³-hybridized carbons (Fsp3) is 0.580. The predicted molar refractivity (Wildman–Crippen MR) is 381 cm³/mol. The summed E-state index contributed by atoms with van der Waals surface area (Å²) in [6, 6.07) is 6.24. The number of allylic oxidation sites excluding steroid dienone is 6. The molecular formula is C69H89B3Br3O12S3. The van der Waals surface area contributed by atoms with Crippen molar-refractivity contribution >= 4 is 157 Å². The van der Waals surface area contributed by atoms with Gasteiger partial charge in [0.1, 0.15) is 0 Å². The van der Waals surface area contributed by atoms with Gasteiger partial charge in [-0.15, -0.1) is 0 Å². The van der Waals surface area contributed by atoms with Crippen molar-refractivity contribution in [2.75, 3.05) is 0 Å². The second-order valence-corrected chi connectivity index (χ2v) is 30.6. The van der Waals surface area contributed by atoms with Crippen molar-refractivity contribution in [3.8, 4) is 11.8 Å². The molecule has 21 heteroatoms. The van der Waals surface area contributed by atoms with Crippen molar-refractivity contribution in [3.05, 3.63) is 97.3 Å². The van der Waals surface area contributed by atoms with Gasteiger partial charge in [0.2, 0.25) is 0 Å². The predicted octanol–water partition coefficient (Wildman–Crippen LogP) is 13.9. The Bertz CT molecular complexity index is 2940. The Morgan fingerprint density at radius 2 is 0.956 bits per heavy atom. The number of carboxylic acid groups (broad SMARTS) is 3. The first-order chi connectivity index (χ1) is 42.9. The molecule has 3 unspecified atom stereocenters. The molecule has 3 aliphatic carbocycles. The molecule has 3 aliphatic rings. The molecule has 485 valence electrons. The third kappa shape index (κ3) is 28.6. The summed E-state index contributed by atoms with van der Waals surface area (Å²) in [7, 11) is 17.4. The van der Waals surface area contributed by atoms with E-state index in [1.165, 1.54) is 29.3 Å². The zero-order valence-corrected chi connectivity index (χ0v) is 59.5. The van der Waals surface area contributed by atoms with Gasteiger partial charge < -0.3 is 0 Å². The number of Topliss-reactive ketones (excluding diaryl/α,β-unsaturated/α-hetero) is 1. The molecule has 0 aliphatic heterocycles. The summed E-state index contributed by atoms with van der Waals surface area (Å²) in [5.74, 6) is 9.66. The quantitative estimate of drug-likeness (QED) is 0.0105. The van der Waals surface area contributed by atoms with Crippen LogP contribution in [0.1, 0.15) is 171 Å². The number of carboxylic acids is 3. The summed E-state index contributed by atoms with van der Waals surface area (Å²) in [6.45, 7) is 6.17. The Balaban J connectivity index is 0.000000288. The van der Waals surface area contributed by atoms with Gasteiger partial charge in [-0.25, -0.2) is 0 Å². The monoisotopic (exact) mass is 1480 g/mol. The fourth-order valence-electron chi connectivity index (χ4n) is 12.3. The topological polar surface area (TPSA) is 224 Å². The Hall–Kier alpha value is -3.58. The van der Waals surface area contributed by atoms with Crippen LogP contribution in [0.15, 0.2) is 68.1 Å². The number of ketones is 3. The first-order valence-corrected chi connectivity index (χ1v) is 36.4. The molecule has 90 heavy (non-hydrogen) atoms. The molecule has 3 aromatic rings. The van der Waals surface area contributed by atoms with E-state index < -0.39 is 36.2 Å². The molecule has 6 rings (SSSR count). The molecule has 0 saturated heterocycles. The van der Waals surface area contributed by atoms with Gasteiger partial charge in [0.05, 0.1) is 0 Å². The van der Waals surface area contributed by atoms with Crippen molar-refractivity contribution < 1.29 is 59.4 Å². The van der Waals surface area contributed by atoms with Crippen LogP contribution in [0.4, 0.5) is 0 Å². The van der Waals surface area contributed by atoms with Crippen LogP contribution in [0.25, 0.3) is 0 Å². The number of rotatable bonds is 36. The van der Waals surface area contributed by atoms with Gasteiger partial charge in [-0.1, -0.05) is 0 Å². The van der Waals surface area contributed by atoms with Crippen LogP contribution in [0.5, 0.6) is 0 Å². The molecule has 0 amide bonds. The zero-order chi connectivity index (χ0) is 66.3. The van der Waals surface area contributed by atoms with E-state index in [2.05, 4.69) is 91.7 Å². The molecule has 3 fully saturated rings. The number of thiophene rings is 3. The van der Waals surface area contributed by atoms with Crippen molar-refractivity contribution in [3.63, 3.8) is 0 Å². The zero-order valence-electron chi connectivity index (χ0n) is 52.3. The standard InChI is InChI=1S/2C23H31BBrO4S.C23H27BBrO4S/c3*1-15-21(25)13-18(30-15)10-8-17(26)9-11-19-16(14-24)12-22(27)20(19)6-4-2-3-5-7-23(28)29/h9,11,13-14,16,19-20,22,27H,2-8,10,12H2,1H3,(H,28,29);2,4,13-14,16,19-20,22,27H,3,5-12H2,1H3,(H,28,29);9,11,13-14,16,19-20,22,27H,3,5-8,10,12H2,1H3,(H,28,29)/b11-9+;4-2-;11-9+/t3*16-,19-,20+,22?/m000/s1. The normalized spacial score (nSPS) is 23.6. The summed E-state index contributed by atoms with van der Waals surface area (Å²) in [4.78, 5) is 76.2. The van der Waals surface area contributed by atoms with Gasteiger partial charge in [-0.05, 0) is 0 Å². The number of aliphatic carboxylic acids is 3. The third-order valence-corrected chi connectivity index (χ3v) is 24.0. The number of aryl methyl sites for hydroxylation is 6. The van der Waals surface area contributed by atoms with E-state index in [9.17, 15) is 44.1 Å². The minimum absolute atomic E-state index is 0.0127. The minimum atomic E-state index is -0.818. The van der Waals surface area contributed by atoms with Crippen LogP contribution in [-0.4, -0.2) is 125 Å². The Morgan fingerprint density at radius 1 is 0.511 bits per heavy atom. The number of halogens is 3. The van der Waals surface area contributed by atoms with Gasteiger partial charge in [-0.3, -0.25) is 0 Å². The van der Waals surface area contributed by atoms with Crippen molar-refractivity contribution in [1.29, 1.82) is 0 Å². The molecular weight excluding hydrogens is 1390 g/mol. The molecule has 6 N–H and O–H groups in total. The average Bonchev–Trinajstić information content (AvgIpc) is 1.81. The molecule has 3 radical (unpaired) electrons. The van der Waals surface area contributed by atoms with E-state index in [1.54, 1.807) is 64.1 Å². The summed E-state index contributed by atoms with van der Waals surface area (Å²) in [5, 5.41) is 57.5. The Morgan fingerprint density at radius 3 is 1.44 bits per heavy atom. The van der Waals surface area contributed by atoms with Gasteiger partial charge in [0.15, 0.2) is 0 Å². The molecule has 0 aromatic carbocycles. The second-order valence-electron chi connectivity index (χ2n) is 24.0. The van der Waals surface area contributed by atoms with Crippen LogP contribution in [0.3, 0.4) is 0 Å². The maximum atomic E-state index is 12.5. The Kier molecular flexibility index (Phi) is 37.4. The number of hydrogen-bond donors (Lipinski definition) is 6. The average molecular weight is 1480 g/mol. The van der Waals surface area contributed by atoms with E-state index in [0.717, 1.165) is 71.2 Å². The van der Waals surface area contributed by atoms with Crippen LogP contribution in [0.2, 0.25) is 0 Å². The molecule has 3 aromatic heterocycles. The van der Waals surface area contributed by atoms with Crippen LogP contribution >= 0.6 is 81.8 Å². The van der Waals surface area contributed by atoms with Gasteiger partial charge in [0.25, 0.3) is 0 Å². The van der Waals surface area contributed by atoms with Gasteiger partial charge in [-0.2, -0.15) is 0 Å². The van der Waals surface area contributed by atoms with E-state index in [1.807, 2.05) is 31.2 Å². The number of aliphatic hydroxyl groups excluding tert-OH is 3. The summed E-state index contributed by atoms with van der Waals surface area (Å²) >= 11 is 15.7. The molecule has 3 heterocycles. The van der Waals surface area contributed by atoms with Gasteiger partial charge >= 0.3 is 579 Å². The summed E-state index contributed by atoms with van der Waals surface area (Å²) in [5.41, 5.74) is 0. The van der Waals surface area contributed by atoms with E-state index in [0.29, 0.717) is 83.5 Å². The second kappa shape index (κ2) is 42.7. The number of carbonyl (C=O) groups is 6. The molecule has 0 spiro atoms. The van der Waals surface area contributed by atoms with Crippen LogP contribution in [-0.2, 0) is 48.0 Å². The fourth-order valence-corrected chi connectivity index (χ4v) is 17.1. The summed E-state index contributed by atoms with van der Waals surface area (Å²) < 4.78 is 3.28. The van der Waals surface area contributed by atoms with Crippen molar-refractivity contribution in [2.24, 2.45) is 53.3 Å². The number of aliphatic hydroxyl groups is 3. The van der Waals surface area contributed by atoms with E-state index in [4.69, 9.17) is 37.8 Å². The van der Waals surface area contributed by atoms with Crippen LogP contribution < -0.4 is 0 Å². The molecule has 12 nitrogen and oxygen atoms in total. The maximum absolute atomic E-state index is 12.5. The number of carbonyl (C=O) groups excluding carboxylic acids is 3. The van der Waals surface area contributed by atoms with E-state index in [-0.39, 0.29) is 89.9 Å². The first kappa shape index (κ1) is 78.9. The van der Waals surface area contributed by atoms with Crippen LogP contribution in [0, 0.1) is 85.9 Å². The Labute approximate surface area is 574 Å². The molecule has 12 atom stereocenters.